The Morgan fingerprint density at radius 1 is 1.06 bits per heavy atom. The smallest absolute Gasteiger partial charge is 0.211 e. The molecule has 0 aromatic heterocycles. The summed E-state index contributed by atoms with van der Waals surface area (Å²) in [5.41, 5.74) is 3.39. The lowest BCUT2D eigenvalue weighted by Gasteiger charge is -2.03. The highest BCUT2D eigenvalue weighted by molar-refractivity contribution is 5.74. The van der Waals surface area contributed by atoms with Gasteiger partial charge < -0.3 is 5.32 Å². The molecule has 0 aliphatic heterocycles. The van der Waals surface area contributed by atoms with Gasteiger partial charge in [-0.25, -0.2) is 0 Å². The minimum Gasteiger partial charge on any atom is -0.329 e. The van der Waals surface area contributed by atoms with Crippen molar-refractivity contribution < 1.29 is 4.79 Å². The van der Waals surface area contributed by atoms with E-state index in [9.17, 15) is 4.79 Å². The zero-order chi connectivity index (χ0) is 12.1. The Balaban J connectivity index is 2.33. The minimum atomic E-state index is 0.637. The van der Waals surface area contributed by atoms with E-state index in [1.54, 1.807) is 6.07 Å². The molecule has 3 heteroatoms. The van der Waals surface area contributed by atoms with Crippen molar-refractivity contribution in [2.45, 2.75) is 0 Å². The van der Waals surface area contributed by atoms with Gasteiger partial charge in [-0.2, -0.15) is 5.26 Å². The van der Waals surface area contributed by atoms with E-state index >= 15 is 0 Å². The Labute approximate surface area is 99.3 Å². The van der Waals surface area contributed by atoms with Gasteiger partial charge in [0.05, 0.1) is 11.6 Å². The molecule has 0 atom stereocenters. The average molecular weight is 222 g/mol. The van der Waals surface area contributed by atoms with Crippen LogP contribution in [0.2, 0.25) is 0 Å². The highest BCUT2D eigenvalue weighted by Gasteiger charge is 1.99. The molecule has 1 N–H and O–H groups in total. The quantitative estimate of drug-likeness (QED) is 0.812. The van der Waals surface area contributed by atoms with Crippen LogP contribution in [0, 0.1) is 11.3 Å². The molecule has 0 saturated heterocycles. The van der Waals surface area contributed by atoms with E-state index in [1.807, 2.05) is 42.5 Å². The normalized spacial score (nSPS) is 9.35. The standard InChI is InChI=1S/C14H10N2O/c15-9-11-2-1-3-13(8-11)12-4-6-14(7-5-12)16-10-17/h1-8,10H,(H,16,17). The van der Waals surface area contributed by atoms with Gasteiger partial charge in [0.15, 0.2) is 0 Å². The Bertz CT molecular complexity index is 568. The second-order valence-corrected chi connectivity index (χ2v) is 3.53. The van der Waals surface area contributed by atoms with Crippen LogP contribution in [0.4, 0.5) is 5.69 Å². The van der Waals surface area contributed by atoms with Crippen molar-refractivity contribution in [2.24, 2.45) is 0 Å². The van der Waals surface area contributed by atoms with Crippen molar-refractivity contribution in [3.63, 3.8) is 0 Å². The molecule has 0 radical (unpaired) electrons. The van der Waals surface area contributed by atoms with E-state index in [0.717, 1.165) is 16.8 Å². The maximum absolute atomic E-state index is 10.3. The second-order valence-electron chi connectivity index (χ2n) is 3.53. The molecule has 3 nitrogen and oxygen atoms in total. The number of nitrogens with one attached hydrogen (secondary N) is 1. The monoisotopic (exact) mass is 222 g/mol. The van der Waals surface area contributed by atoms with Crippen LogP contribution in [0.25, 0.3) is 11.1 Å². The summed E-state index contributed by atoms with van der Waals surface area (Å²) < 4.78 is 0. The maximum Gasteiger partial charge on any atom is 0.211 e. The summed E-state index contributed by atoms with van der Waals surface area (Å²) in [6.45, 7) is 0. The summed E-state index contributed by atoms with van der Waals surface area (Å²) in [5, 5.41) is 11.4. The van der Waals surface area contributed by atoms with Gasteiger partial charge in [-0.3, -0.25) is 4.79 Å². The highest BCUT2D eigenvalue weighted by atomic mass is 16.1. The first-order valence-corrected chi connectivity index (χ1v) is 5.14. The average Bonchev–Trinajstić information content (AvgIpc) is 2.40. The van der Waals surface area contributed by atoms with Gasteiger partial charge in [-0.05, 0) is 35.4 Å². The molecule has 17 heavy (non-hydrogen) atoms. The molecule has 0 saturated carbocycles. The van der Waals surface area contributed by atoms with Crippen molar-refractivity contribution in [3.8, 4) is 17.2 Å². The highest BCUT2D eigenvalue weighted by Crippen LogP contribution is 2.22. The van der Waals surface area contributed by atoms with Crippen LogP contribution in [0.1, 0.15) is 5.56 Å². The Morgan fingerprint density at radius 3 is 2.47 bits per heavy atom. The van der Waals surface area contributed by atoms with E-state index in [4.69, 9.17) is 5.26 Å². The van der Waals surface area contributed by atoms with Crippen LogP contribution < -0.4 is 5.32 Å². The predicted octanol–water partition coefficient (Wildman–Crippen LogP) is 2.79. The van der Waals surface area contributed by atoms with Crippen molar-refractivity contribution >= 4 is 12.1 Å². The SMILES string of the molecule is N#Cc1cccc(-c2ccc(NC=O)cc2)c1. The topological polar surface area (TPSA) is 52.9 Å². The number of anilines is 1. The van der Waals surface area contributed by atoms with E-state index < -0.39 is 0 Å². The predicted molar refractivity (Wildman–Crippen MR) is 66.3 cm³/mol. The zero-order valence-corrected chi connectivity index (χ0v) is 9.05. The van der Waals surface area contributed by atoms with Crippen LogP contribution >= 0.6 is 0 Å². The summed E-state index contributed by atoms with van der Waals surface area (Å²) >= 11 is 0. The molecule has 0 fully saturated rings. The molecule has 82 valence electrons. The van der Waals surface area contributed by atoms with Crippen molar-refractivity contribution in [2.75, 3.05) is 5.32 Å². The van der Waals surface area contributed by atoms with Gasteiger partial charge in [-0.15, -0.1) is 0 Å². The van der Waals surface area contributed by atoms with Gasteiger partial charge >= 0.3 is 0 Å². The first kappa shape index (κ1) is 10.9. The summed E-state index contributed by atoms with van der Waals surface area (Å²) in [5.74, 6) is 0. The first-order valence-electron chi connectivity index (χ1n) is 5.14. The Hall–Kier alpha value is -2.60. The number of hydrogen-bond acceptors (Lipinski definition) is 2. The summed E-state index contributed by atoms with van der Waals surface area (Å²) in [6.07, 6.45) is 0.644. The molecule has 0 bridgehead atoms. The molecule has 0 heterocycles. The summed E-state index contributed by atoms with van der Waals surface area (Å²) in [6, 6.07) is 17.0. The Morgan fingerprint density at radius 2 is 1.82 bits per heavy atom. The van der Waals surface area contributed by atoms with Crippen molar-refractivity contribution in [1.29, 1.82) is 5.26 Å². The molecule has 1 amide bonds. The number of nitriles is 1. The fourth-order valence-electron chi connectivity index (χ4n) is 1.60. The number of amides is 1. The molecule has 2 aromatic carbocycles. The lowest BCUT2D eigenvalue weighted by atomic mass is 10.0. The Kier molecular flexibility index (Phi) is 3.18. The molecular formula is C14H10N2O. The van der Waals surface area contributed by atoms with Crippen LogP contribution in [0.5, 0.6) is 0 Å². The molecule has 0 spiro atoms. The lowest BCUT2D eigenvalue weighted by molar-refractivity contribution is -0.105. The molecule has 2 rings (SSSR count). The number of rotatable bonds is 3. The van der Waals surface area contributed by atoms with Crippen LogP contribution in [0.15, 0.2) is 48.5 Å². The molecular weight excluding hydrogens is 212 g/mol. The van der Waals surface area contributed by atoms with E-state index in [0.29, 0.717) is 12.0 Å². The van der Waals surface area contributed by atoms with Crippen LogP contribution in [-0.2, 0) is 4.79 Å². The number of benzene rings is 2. The zero-order valence-electron chi connectivity index (χ0n) is 9.05. The van der Waals surface area contributed by atoms with E-state index in [2.05, 4.69) is 11.4 Å². The number of carbonyl (C=O) groups excluding carboxylic acids is 1. The number of carbonyl (C=O) groups is 1. The van der Waals surface area contributed by atoms with E-state index in [1.165, 1.54) is 0 Å². The third kappa shape index (κ3) is 2.50. The van der Waals surface area contributed by atoms with Gasteiger partial charge in [-0.1, -0.05) is 24.3 Å². The molecule has 0 aliphatic carbocycles. The van der Waals surface area contributed by atoms with Crippen molar-refractivity contribution in [1.82, 2.24) is 0 Å². The van der Waals surface area contributed by atoms with Crippen molar-refractivity contribution in [3.05, 3.63) is 54.1 Å². The number of hydrogen-bond donors (Lipinski definition) is 1. The lowest BCUT2D eigenvalue weighted by Crippen LogP contribution is -1.92. The second kappa shape index (κ2) is 4.95. The van der Waals surface area contributed by atoms with Crippen LogP contribution in [-0.4, -0.2) is 6.41 Å². The largest absolute Gasteiger partial charge is 0.329 e. The first-order chi connectivity index (χ1) is 8.33. The van der Waals surface area contributed by atoms with E-state index in [-0.39, 0.29) is 0 Å². The third-order valence-corrected chi connectivity index (χ3v) is 2.44. The fraction of sp³-hybridized carbons (Fsp3) is 0. The maximum atomic E-state index is 10.3. The molecule has 0 unspecified atom stereocenters. The molecule has 2 aromatic rings. The minimum absolute atomic E-state index is 0.637. The van der Waals surface area contributed by atoms with Crippen LogP contribution in [0.3, 0.4) is 0 Å². The summed E-state index contributed by atoms with van der Waals surface area (Å²) in [7, 11) is 0. The van der Waals surface area contributed by atoms with Gasteiger partial charge in [0, 0.05) is 5.69 Å². The third-order valence-electron chi connectivity index (χ3n) is 2.44. The fourth-order valence-corrected chi connectivity index (χ4v) is 1.60. The summed E-state index contributed by atoms with van der Waals surface area (Å²) in [4.78, 5) is 10.3. The molecule has 0 aliphatic rings. The number of nitrogens with zero attached hydrogens (tertiary/aromatic N) is 1. The van der Waals surface area contributed by atoms with Gasteiger partial charge in [0.25, 0.3) is 0 Å². The van der Waals surface area contributed by atoms with Gasteiger partial charge in [0.1, 0.15) is 0 Å². The van der Waals surface area contributed by atoms with Gasteiger partial charge in [0.2, 0.25) is 6.41 Å².